The van der Waals surface area contributed by atoms with E-state index in [0.717, 1.165) is 28.3 Å². The Morgan fingerprint density at radius 2 is 1.73 bits per heavy atom. The molecule has 0 fully saturated rings. The molecule has 0 radical (unpaired) electrons. The van der Waals surface area contributed by atoms with Crippen molar-refractivity contribution in [2.45, 2.75) is 5.92 Å². The molecule has 4 rings (SSSR count). The van der Waals surface area contributed by atoms with Crippen molar-refractivity contribution in [2.24, 2.45) is 7.05 Å². The highest BCUT2D eigenvalue weighted by molar-refractivity contribution is 5.94. The van der Waals surface area contributed by atoms with E-state index in [-0.39, 0.29) is 24.8 Å². The third-order valence-corrected chi connectivity index (χ3v) is 5.33. The maximum absolute atomic E-state index is 12.5. The Morgan fingerprint density at radius 1 is 1.09 bits per heavy atom. The van der Waals surface area contributed by atoms with Crippen LogP contribution in [0.1, 0.15) is 27.5 Å². The molecule has 0 saturated carbocycles. The number of amides is 2. The van der Waals surface area contributed by atoms with Crippen molar-refractivity contribution in [1.29, 1.82) is 0 Å². The number of aromatic nitrogens is 2. The van der Waals surface area contributed by atoms with Crippen molar-refractivity contribution in [2.75, 3.05) is 18.5 Å². The van der Waals surface area contributed by atoms with Gasteiger partial charge in [-0.1, -0.05) is 54.6 Å². The zero-order valence-corrected chi connectivity index (χ0v) is 17.8. The minimum Gasteiger partial charge on any atom is -0.478 e. The number of aliphatic carboxylic acids is 1. The van der Waals surface area contributed by atoms with Gasteiger partial charge in [0.25, 0.3) is 5.91 Å². The van der Waals surface area contributed by atoms with Gasteiger partial charge in [-0.3, -0.25) is 14.8 Å². The third-order valence-electron chi connectivity index (χ3n) is 5.33. The molecule has 3 N–H and O–H groups in total. The van der Waals surface area contributed by atoms with E-state index < -0.39 is 18.0 Å². The summed E-state index contributed by atoms with van der Waals surface area (Å²) < 4.78 is 6.86. The fourth-order valence-electron chi connectivity index (χ4n) is 3.84. The summed E-state index contributed by atoms with van der Waals surface area (Å²) in [6.07, 6.45) is 1.58. The van der Waals surface area contributed by atoms with Crippen molar-refractivity contribution in [3.05, 3.63) is 83.6 Å². The van der Waals surface area contributed by atoms with Gasteiger partial charge in [-0.15, -0.1) is 0 Å². The number of aryl methyl sites for hydroxylation is 1. The second-order valence-electron chi connectivity index (χ2n) is 7.44. The van der Waals surface area contributed by atoms with Crippen LogP contribution in [0.15, 0.2) is 66.7 Å². The number of nitrogens with one attached hydrogen (secondary N) is 2. The third kappa shape index (κ3) is 4.77. The minimum absolute atomic E-state index is 0.0385. The second kappa shape index (κ2) is 9.39. The zero-order valence-electron chi connectivity index (χ0n) is 17.8. The summed E-state index contributed by atoms with van der Waals surface area (Å²) in [6, 6.07) is 17.5. The van der Waals surface area contributed by atoms with Gasteiger partial charge in [-0.25, -0.2) is 9.59 Å². The first-order chi connectivity index (χ1) is 15.9. The number of hydrogen-bond donors (Lipinski definition) is 3. The van der Waals surface area contributed by atoms with Crippen LogP contribution < -0.4 is 10.6 Å². The van der Waals surface area contributed by atoms with Crippen LogP contribution in [-0.2, 0) is 16.6 Å². The molecule has 9 nitrogen and oxygen atoms in total. The lowest BCUT2D eigenvalue weighted by Gasteiger charge is -2.14. The SMILES string of the molecule is Cn1nc(C(=O)NC/C=C/C(=O)O)cc1NC(=O)OCC1c2ccccc2-c2ccccc21. The van der Waals surface area contributed by atoms with E-state index in [0.29, 0.717) is 5.82 Å². The molecule has 3 aromatic rings. The van der Waals surface area contributed by atoms with Crippen LogP contribution in [-0.4, -0.2) is 46.0 Å². The molecule has 9 heteroatoms. The molecule has 0 saturated heterocycles. The summed E-state index contributed by atoms with van der Waals surface area (Å²) in [5, 5.41) is 17.8. The van der Waals surface area contributed by atoms with Crippen molar-refractivity contribution < 1.29 is 24.2 Å². The lowest BCUT2D eigenvalue weighted by Crippen LogP contribution is -2.24. The fraction of sp³-hybridized carbons (Fsp3) is 0.167. The Balaban J connectivity index is 1.37. The quantitative estimate of drug-likeness (QED) is 0.479. The van der Waals surface area contributed by atoms with Crippen LogP contribution in [0.2, 0.25) is 0 Å². The van der Waals surface area contributed by atoms with Gasteiger partial charge >= 0.3 is 12.1 Å². The standard InChI is InChI=1S/C24H22N4O5/c1-28-21(13-20(27-28)23(31)25-12-6-11-22(29)30)26-24(32)33-14-19-17-9-4-2-7-15(17)16-8-3-5-10-18(16)19/h2-11,13,19H,12,14H2,1H3,(H,25,31)(H,26,32)(H,29,30)/b11-6+. The molecule has 0 unspecified atom stereocenters. The lowest BCUT2D eigenvalue weighted by atomic mass is 9.98. The molecule has 0 aliphatic heterocycles. The molecule has 1 aliphatic carbocycles. The Kier molecular flexibility index (Phi) is 6.21. The van der Waals surface area contributed by atoms with Crippen molar-refractivity contribution in [3.63, 3.8) is 0 Å². The summed E-state index contributed by atoms with van der Waals surface area (Å²) in [5.41, 5.74) is 4.59. The number of rotatable bonds is 7. The van der Waals surface area contributed by atoms with Crippen LogP contribution in [0.3, 0.4) is 0 Å². The van der Waals surface area contributed by atoms with Crippen molar-refractivity contribution in [3.8, 4) is 11.1 Å². The van der Waals surface area contributed by atoms with E-state index >= 15 is 0 Å². The predicted molar refractivity (Wildman–Crippen MR) is 121 cm³/mol. The summed E-state index contributed by atoms with van der Waals surface area (Å²) in [4.78, 5) is 35.1. The molecular weight excluding hydrogens is 424 g/mol. The number of benzene rings is 2. The smallest absolute Gasteiger partial charge is 0.412 e. The number of hydrogen-bond acceptors (Lipinski definition) is 5. The minimum atomic E-state index is -1.10. The molecule has 168 valence electrons. The number of ether oxygens (including phenoxy) is 1. The van der Waals surface area contributed by atoms with E-state index in [9.17, 15) is 14.4 Å². The van der Waals surface area contributed by atoms with Gasteiger partial charge in [0.05, 0.1) is 0 Å². The summed E-state index contributed by atoms with van der Waals surface area (Å²) in [6.45, 7) is 0.206. The summed E-state index contributed by atoms with van der Waals surface area (Å²) in [5.74, 6) is -1.37. The molecule has 1 aliphatic rings. The highest BCUT2D eigenvalue weighted by Gasteiger charge is 2.29. The first kappa shape index (κ1) is 21.8. The number of fused-ring (bicyclic) bond motifs is 3. The first-order valence-electron chi connectivity index (χ1n) is 10.3. The van der Waals surface area contributed by atoms with Crippen LogP contribution in [0, 0.1) is 0 Å². The number of carbonyl (C=O) groups excluding carboxylic acids is 2. The Hall–Kier alpha value is -4.40. The van der Waals surface area contributed by atoms with Gasteiger partial charge in [-0.2, -0.15) is 5.10 Å². The topological polar surface area (TPSA) is 123 Å². The maximum Gasteiger partial charge on any atom is 0.412 e. The average molecular weight is 446 g/mol. The van der Waals surface area contributed by atoms with Crippen molar-refractivity contribution >= 4 is 23.8 Å². The molecule has 1 heterocycles. The van der Waals surface area contributed by atoms with E-state index in [4.69, 9.17) is 9.84 Å². The van der Waals surface area contributed by atoms with E-state index in [1.807, 2.05) is 36.4 Å². The van der Waals surface area contributed by atoms with Crippen molar-refractivity contribution in [1.82, 2.24) is 15.1 Å². The number of anilines is 1. The summed E-state index contributed by atoms with van der Waals surface area (Å²) in [7, 11) is 1.58. The largest absolute Gasteiger partial charge is 0.478 e. The molecule has 0 atom stereocenters. The Labute approximate surface area is 189 Å². The van der Waals surface area contributed by atoms with E-state index in [2.05, 4.69) is 27.9 Å². The van der Waals surface area contributed by atoms with Gasteiger partial charge in [0.2, 0.25) is 0 Å². The van der Waals surface area contributed by atoms with Crippen LogP contribution in [0.5, 0.6) is 0 Å². The molecular formula is C24H22N4O5. The first-order valence-corrected chi connectivity index (χ1v) is 10.3. The average Bonchev–Trinajstić information content (AvgIpc) is 3.33. The van der Waals surface area contributed by atoms with Crippen LogP contribution in [0.25, 0.3) is 11.1 Å². The highest BCUT2D eigenvalue weighted by Crippen LogP contribution is 2.44. The molecule has 0 spiro atoms. The Morgan fingerprint density at radius 3 is 2.36 bits per heavy atom. The molecule has 2 aromatic carbocycles. The van der Waals surface area contributed by atoms with Gasteiger partial charge in [0.15, 0.2) is 5.69 Å². The van der Waals surface area contributed by atoms with Gasteiger partial charge in [-0.05, 0) is 22.3 Å². The number of carbonyl (C=O) groups is 3. The predicted octanol–water partition coefficient (Wildman–Crippen LogP) is 3.15. The van der Waals surface area contributed by atoms with Crippen LogP contribution >= 0.6 is 0 Å². The number of carboxylic acid groups (broad SMARTS) is 1. The van der Waals surface area contributed by atoms with Crippen LogP contribution in [0.4, 0.5) is 10.6 Å². The van der Waals surface area contributed by atoms with Gasteiger partial charge in [0.1, 0.15) is 12.4 Å². The Bertz CT molecular complexity index is 1200. The van der Waals surface area contributed by atoms with E-state index in [1.165, 1.54) is 16.8 Å². The molecule has 2 amide bonds. The number of nitrogens with zero attached hydrogens (tertiary/aromatic N) is 2. The maximum atomic E-state index is 12.5. The normalized spacial score (nSPS) is 12.3. The monoisotopic (exact) mass is 446 g/mol. The molecule has 0 bridgehead atoms. The van der Waals surface area contributed by atoms with Gasteiger partial charge in [0, 0.05) is 31.7 Å². The van der Waals surface area contributed by atoms with Gasteiger partial charge < -0.3 is 15.2 Å². The zero-order chi connectivity index (χ0) is 23.4. The lowest BCUT2D eigenvalue weighted by molar-refractivity contribution is -0.131. The van der Waals surface area contributed by atoms with E-state index in [1.54, 1.807) is 7.05 Å². The molecule has 1 aromatic heterocycles. The highest BCUT2D eigenvalue weighted by atomic mass is 16.5. The molecule has 33 heavy (non-hydrogen) atoms. The summed E-state index contributed by atoms with van der Waals surface area (Å²) >= 11 is 0. The number of carboxylic acids is 1. The fourth-order valence-corrected chi connectivity index (χ4v) is 3.84. The second-order valence-corrected chi connectivity index (χ2v) is 7.44.